The van der Waals surface area contributed by atoms with E-state index in [1.54, 1.807) is 12.3 Å². The van der Waals surface area contributed by atoms with E-state index in [1.807, 2.05) is 6.92 Å². The summed E-state index contributed by atoms with van der Waals surface area (Å²) >= 11 is 3.22. The molecule has 0 aromatic carbocycles. The van der Waals surface area contributed by atoms with E-state index in [-0.39, 0.29) is 11.6 Å². The van der Waals surface area contributed by atoms with Crippen LogP contribution in [0.15, 0.2) is 16.7 Å². The molecule has 0 radical (unpaired) electrons. The quantitative estimate of drug-likeness (QED) is 0.875. The molecule has 2 N–H and O–H groups in total. The normalized spacial score (nSPS) is 14.1. The molecule has 0 bridgehead atoms. The molecule has 0 fully saturated rings. The van der Waals surface area contributed by atoms with Crippen LogP contribution in [0.1, 0.15) is 37.6 Å². The number of hydrogen-bond donors (Lipinski definition) is 2. The lowest BCUT2D eigenvalue weighted by Crippen LogP contribution is -2.25. The molecule has 0 aliphatic rings. The second kappa shape index (κ2) is 6.00. The number of carboxylic acids is 1. The van der Waals surface area contributed by atoms with Gasteiger partial charge in [-0.3, -0.25) is 0 Å². The van der Waals surface area contributed by atoms with E-state index < -0.39 is 5.97 Å². The molecule has 0 amide bonds. The maximum absolute atomic E-state index is 11.1. The highest BCUT2D eigenvalue weighted by molar-refractivity contribution is 9.10. The van der Waals surface area contributed by atoms with Crippen molar-refractivity contribution in [3.8, 4) is 0 Å². The fourth-order valence-electron chi connectivity index (χ4n) is 1.43. The molecule has 0 saturated heterocycles. The summed E-state index contributed by atoms with van der Waals surface area (Å²) in [6, 6.07) is 1.74. The van der Waals surface area contributed by atoms with Gasteiger partial charge in [0.2, 0.25) is 0 Å². The number of pyridine rings is 1. The van der Waals surface area contributed by atoms with Crippen LogP contribution >= 0.6 is 15.9 Å². The Labute approximate surface area is 110 Å². The van der Waals surface area contributed by atoms with E-state index in [2.05, 4.69) is 40.1 Å². The molecule has 1 aromatic rings. The van der Waals surface area contributed by atoms with Gasteiger partial charge >= 0.3 is 5.97 Å². The molecule has 94 valence electrons. The average Bonchev–Trinajstić information content (AvgIpc) is 2.29. The van der Waals surface area contributed by atoms with Gasteiger partial charge < -0.3 is 10.4 Å². The molecule has 17 heavy (non-hydrogen) atoms. The summed E-state index contributed by atoms with van der Waals surface area (Å²) in [5.41, 5.74) is 0.189. The number of aromatic carboxylic acids is 1. The highest BCUT2D eigenvalue weighted by Crippen LogP contribution is 2.20. The third-order valence-electron chi connectivity index (χ3n) is 2.95. The Bertz CT molecular complexity index is 409. The number of halogens is 1. The number of aromatic nitrogens is 1. The third-order valence-corrected chi connectivity index (χ3v) is 3.38. The van der Waals surface area contributed by atoms with Crippen molar-refractivity contribution >= 4 is 27.7 Å². The van der Waals surface area contributed by atoms with Crippen LogP contribution in [0.4, 0.5) is 5.82 Å². The van der Waals surface area contributed by atoms with E-state index in [9.17, 15) is 4.79 Å². The second-order valence-corrected chi connectivity index (χ2v) is 5.09. The van der Waals surface area contributed by atoms with Crippen molar-refractivity contribution < 1.29 is 9.90 Å². The maximum Gasteiger partial charge on any atom is 0.339 e. The fraction of sp³-hybridized carbons (Fsp3) is 0.500. The largest absolute Gasteiger partial charge is 0.478 e. The van der Waals surface area contributed by atoms with Gasteiger partial charge in [-0.05, 0) is 34.8 Å². The molecule has 5 heteroatoms. The number of nitrogens with one attached hydrogen (secondary N) is 1. The molecule has 2 atom stereocenters. The van der Waals surface area contributed by atoms with Crippen LogP contribution in [0.25, 0.3) is 0 Å². The highest BCUT2D eigenvalue weighted by Gasteiger charge is 2.16. The Hall–Kier alpha value is -1.10. The lowest BCUT2D eigenvalue weighted by Gasteiger charge is -2.21. The minimum Gasteiger partial charge on any atom is -0.478 e. The lowest BCUT2D eigenvalue weighted by atomic mass is 10.0. The van der Waals surface area contributed by atoms with Crippen molar-refractivity contribution in [3.63, 3.8) is 0 Å². The first-order chi connectivity index (χ1) is 7.95. The van der Waals surface area contributed by atoms with Gasteiger partial charge in [-0.15, -0.1) is 0 Å². The number of carboxylic acid groups (broad SMARTS) is 1. The van der Waals surface area contributed by atoms with Crippen molar-refractivity contribution in [2.24, 2.45) is 5.92 Å². The van der Waals surface area contributed by atoms with Gasteiger partial charge in [0, 0.05) is 16.7 Å². The molecule has 1 heterocycles. The predicted octanol–water partition coefficient (Wildman–Crippen LogP) is 3.39. The van der Waals surface area contributed by atoms with Gasteiger partial charge in [0.15, 0.2) is 0 Å². The molecule has 1 aromatic heterocycles. The van der Waals surface area contributed by atoms with E-state index in [4.69, 9.17) is 5.11 Å². The van der Waals surface area contributed by atoms with Crippen LogP contribution in [0, 0.1) is 5.92 Å². The van der Waals surface area contributed by atoms with Gasteiger partial charge in [-0.1, -0.05) is 20.3 Å². The van der Waals surface area contributed by atoms with E-state index in [1.165, 1.54) is 0 Å². The first kappa shape index (κ1) is 14.0. The maximum atomic E-state index is 11.1. The summed E-state index contributed by atoms with van der Waals surface area (Å²) in [5.74, 6) is -0.0896. The smallest absolute Gasteiger partial charge is 0.339 e. The molecular formula is C12H17BrN2O2. The van der Waals surface area contributed by atoms with Gasteiger partial charge in [0.1, 0.15) is 11.4 Å². The topological polar surface area (TPSA) is 62.2 Å². The Morgan fingerprint density at radius 1 is 1.59 bits per heavy atom. The molecule has 0 aliphatic carbocycles. The number of nitrogens with zero attached hydrogens (tertiary/aromatic N) is 1. The van der Waals surface area contributed by atoms with Crippen LogP contribution in [0.2, 0.25) is 0 Å². The zero-order valence-corrected chi connectivity index (χ0v) is 11.8. The number of anilines is 1. The Balaban J connectivity index is 2.94. The average molecular weight is 301 g/mol. The summed E-state index contributed by atoms with van der Waals surface area (Å²) < 4.78 is 0.664. The minimum absolute atomic E-state index is 0.187. The zero-order valence-electron chi connectivity index (χ0n) is 10.2. The number of rotatable bonds is 5. The van der Waals surface area contributed by atoms with Crippen molar-refractivity contribution in [2.75, 3.05) is 5.32 Å². The molecule has 0 saturated carbocycles. The number of carbonyl (C=O) groups is 1. The minimum atomic E-state index is -0.974. The molecule has 4 nitrogen and oxygen atoms in total. The van der Waals surface area contributed by atoms with E-state index in [0.717, 1.165) is 6.42 Å². The standard InChI is InChI=1S/C12H17BrN2O2/c1-4-7(2)8(3)15-11-10(12(16)17)5-9(13)6-14-11/h5-8H,4H2,1-3H3,(H,14,15)(H,16,17). The summed E-state index contributed by atoms with van der Waals surface area (Å²) in [7, 11) is 0. The zero-order chi connectivity index (χ0) is 13.0. The molecular weight excluding hydrogens is 284 g/mol. The van der Waals surface area contributed by atoms with Crippen molar-refractivity contribution in [1.29, 1.82) is 0 Å². The number of hydrogen-bond acceptors (Lipinski definition) is 3. The predicted molar refractivity (Wildman–Crippen MR) is 71.4 cm³/mol. The lowest BCUT2D eigenvalue weighted by molar-refractivity contribution is 0.0697. The van der Waals surface area contributed by atoms with Gasteiger partial charge in [0.05, 0.1) is 0 Å². The summed E-state index contributed by atoms with van der Waals surface area (Å²) in [5, 5.41) is 12.3. The summed E-state index contributed by atoms with van der Waals surface area (Å²) in [4.78, 5) is 15.2. The molecule has 2 unspecified atom stereocenters. The van der Waals surface area contributed by atoms with E-state index in [0.29, 0.717) is 16.2 Å². The van der Waals surface area contributed by atoms with Crippen molar-refractivity contribution in [3.05, 3.63) is 22.3 Å². The van der Waals surface area contributed by atoms with Crippen LogP contribution in [0.5, 0.6) is 0 Å². The van der Waals surface area contributed by atoms with Gasteiger partial charge in [-0.2, -0.15) is 0 Å². The van der Waals surface area contributed by atoms with Crippen LogP contribution in [-0.4, -0.2) is 22.1 Å². The monoisotopic (exact) mass is 300 g/mol. The summed E-state index contributed by atoms with van der Waals surface area (Å²) in [6.45, 7) is 6.26. The van der Waals surface area contributed by atoms with E-state index >= 15 is 0 Å². The Morgan fingerprint density at radius 2 is 2.24 bits per heavy atom. The summed E-state index contributed by atoms with van der Waals surface area (Å²) in [6.07, 6.45) is 2.63. The van der Waals surface area contributed by atoms with Crippen LogP contribution < -0.4 is 5.32 Å². The fourth-order valence-corrected chi connectivity index (χ4v) is 1.76. The molecule has 0 aliphatic heterocycles. The molecule has 1 rings (SSSR count). The SMILES string of the molecule is CCC(C)C(C)Nc1ncc(Br)cc1C(=O)O. The van der Waals surface area contributed by atoms with Crippen molar-refractivity contribution in [2.45, 2.75) is 33.2 Å². The highest BCUT2D eigenvalue weighted by atomic mass is 79.9. The first-order valence-corrected chi connectivity index (χ1v) is 6.40. The second-order valence-electron chi connectivity index (χ2n) is 4.17. The van der Waals surface area contributed by atoms with Crippen LogP contribution in [-0.2, 0) is 0 Å². The first-order valence-electron chi connectivity index (χ1n) is 5.61. The third kappa shape index (κ3) is 3.70. The van der Waals surface area contributed by atoms with Gasteiger partial charge in [-0.25, -0.2) is 9.78 Å². The Kier molecular flexibility index (Phi) is 4.93. The Morgan fingerprint density at radius 3 is 2.76 bits per heavy atom. The molecule has 0 spiro atoms. The van der Waals surface area contributed by atoms with Gasteiger partial charge in [0.25, 0.3) is 0 Å². The van der Waals surface area contributed by atoms with Crippen LogP contribution in [0.3, 0.4) is 0 Å². The van der Waals surface area contributed by atoms with Crippen molar-refractivity contribution in [1.82, 2.24) is 4.98 Å².